The van der Waals surface area contributed by atoms with Gasteiger partial charge in [-0.25, -0.2) is 4.79 Å². The minimum atomic E-state index is -5.02. The van der Waals surface area contributed by atoms with Crippen LogP contribution < -0.4 is 10.6 Å². The maximum Gasteiger partial charge on any atom is 0.416 e. The number of carbonyl (C=O) groups is 1. The van der Waals surface area contributed by atoms with Gasteiger partial charge in [-0.1, -0.05) is 30.3 Å². The second-order valence-corrected chi connectivity index (χ2v) is 8.48. The molecule has 0 aliphatic heterocycles. The summed E-state index contributed by atoms with van der Waals surface area (Å²) in [5.74, 6) is 0. The van der Waals surface area contributed by atoms with Crippen LogP contribution in [0.3, 0.4) is 0 Å². The number of urea groups is 1. The van der Waals surface area contributed by atoms with Crippen LogP contribution in [-0.2, 0) is 18.9 Å². The van der Waals surface area contributed by atoms with Gasteiger partial charge in [-0.2, -0.15) is 26.3 Å². The summed E-state index contributed by atoms with van der Waals surface area (Å²) in [4.78, 5) is 15.2. The molecule has 0 unspecified atom stereocenters. The first-order chi connectivity index (χ1) is 16.2. The van der Waals surface area contributed by atoms with Crippen molar-refractivity contribution in [2.45, 2.75) is 23.8 Å². The van der Waals surface area contributed by atoms with Crippen LogP contribution in [-0.4, -0.2) is 25.0 Å². The molecule has 0 aliphatic rings. The summed E-state index contributed by atoms with van der Waals surface area (Å²) in [6, 6.07) is 12.0. The molecule has 0 bridgehead atoms. The molecule has 0 radical (unpaired) electrons. The molecule has 0 saturated heterocycles. The average Bonchev–Trinajstić information content (AvgIpc) is 2.74. The van der Waals surface area contributed by atoms with Gasteiger partial charge in [0.2, 0.25) is 0 Å². The van der Waals surface area contributed by atoms with Crippen LogP contribution in [0.5, 0.6) is 0 Å². The van der Waals surface area contributed by atoms with E-state index in [0.29, 0.717) is 35.5 Å². The van der Waals surface area contributed by atoms with Crippen LogP contribution >= 0.6 is 12.6 Å². The lowest BCUT2D eigenvalue weighted by molar-refractivity contribution is -0.143. The number of nitrogens with one attached hydrogen (secondary N) is 2. The van der Waals surface area contributed by atoms with Gasteiger partial charge < -0.3 is 15.5 Å². The highest BCUT2D eigenvalue weighted by atomic mass is 32.1. The van der Waals surface area contributed by atoms with E-state index in [9.17, 15) is 31.1 Å². The number of alkyl halides is 6. The molecule has 3 aromatic carbocycles. The van der Waals surface area contributed by atoms with Gasteiger partial charge in [-0.15, -0.1) is 12.6 Å². The first-order valence-corrected chi connectivity index (χ1v) is 10.6. The van der Waals surface area contributed by atoms with E-state index in [2.05, 4.69) is 23.3 Å². The molecule has 2 amide bonds. The standard InChI is InChI=1S/C24H21F6N3OS/c1-33(2)13-15-8-7-14(9-21(15)35)19-5-3-4-6-20(19)32-22(34)31-18-11-16(23(25,26)27)10-17(12-18)24(28,29)30/h3-12,35H,13H2,1-2H3,(H2,31,32,34). The zero-order valence-corrected chi connectivity index (χ0v) is 19.4. The minimum absolute atomic E-state index is 0.00656. The SMILES string of the molecule is CN(C)Cc1ccc(-c2ccccc2NC(=O)Nc2cc(C(F)(F)F)cc(C(F)(F)F)c2)cc1S. The third-order valence-electron chi connectivity index (χ3n) is 4.90. The van der Waals surface area contributed by atoms with Crippen molar-refractivity contribution in [3.63, 3.8) is 0 Å². The van der Waals surface area contributed by atoms with E-state index in [4.69, 9.17) is 0 Å². The maximum absolute atomic E-state index is 13.1. The van der Waals surface area contributed by atoms with Gasteiger partial charge in [0.1, 0.15) is 0 Å². The fourth-order valence-corrected chi connectivity index (χ4v) is 3.65. The molecular weight excluding hydrogens is 492 g/mol. The average molecular weight is 514 g/mol. The zero-order valence-electron chi connectivity index (χ0n) is 18.6. The number of rotatable bonds is 5. The van der Waals surface area contributed by atoms with Crippen LogP contribution in [0.25, 0.3) is 11.1 Å². The largest absolute Gasteiger partial charge is 0.416 e. The topological polar surface area (TPSA) is 44.4 Å². The second kappa shape index (κ2) is 10.2. The molecule has 4 nitrogen and oxygen atoms in total. The highest BCUT2D eigenvalue weighted by Gasteiger charge is 2.37. The molecule has 0 saturated carbocycles. The minimum Gasteiger partial charge on any atom is -0.308 e. The van der Waals surface area contributed by atoms with Crippen molar-refractivity contribution in [2.24, 2.45) is 0 Å². The van der Waals surface area contributed by atoms with Gasteiger partial charge in [0.05, 0.1) is 16.8 Å². The molecule has 0 aromatic heterocycles. The lowest BCUT2D eigenvalue weighted by Gasteiger charge is -2.17. The van der Waals surface area contributed by atoms with E-state index in [1.807, 2.05) is 37.2 Å². The molecule has 2 N–H and O–H groups in total. The first-order valence-electron chi connectivity index (χ1n) is 10.2. The maximum atomic E-state index is 13.1. The van der Waals surface area contributed by atoms with Crippen LogP contribution in [0.2, 0.25) is 0 Å². The smallest absolute Gasteiger partial charge is 0.308 e. The quantitative estimate of drug-likeness (QED) is 0.246. The van der Waals surface area contributed by atoms with E-state index in [1.165, 1.54) is 0 Å². The number of benzene rings is 3. The van der Waals surface area contributed by atoms with Gasteiger partial charge in [-0.3, -0.25) is 0 Å². The Morgan fingerprint density at radius 2 is 1.46 bits per heavy atom. The predicted octanol–water partition coefficient (Wildman–Crippen LogP) is 7.39. The fraction of sp³-hybridized carbons (Fsp3) is 0.208. The Kier molecular flexibility index (Phi) is 7.71. The molecule has 3 rings (SSSR count). The van der Waals surface area contributed by atoms with Crippen LogP contribution in [0.15, 0.2) is 65.6 Å². The number of thiol groups is 1. The van der Waals surface area contributed by atoms with Crippen molar-refractivity contribution in [3.05, 3.63) is 77.4 Å². The monoisotopic (exact) mass is 513 g/mol. The highest BCUT2D eigenvalue weighted by Crippen LogP contribution is 2.38. The Balaban J connectivity index is 1.87. The molecule has 0 fully saturated rings. The van der Waals surface area contributed by atoms with Crippen molar-refractivity contribution in [2.75, 3.05) is 24.7 Å². The molecule has 0 aliphatic carbocycles. The van der Waals surface area contributed by atoms with Crippen LogP contribution in [0, 0.1) is 0 Å². The van der Waals surface area contributed by atoms with Gasteiger partial charge >= 0.3 is 18.4 Å². The van der Waals surface area contributed by atoms with Gasteiger partial charge in [0.15, 0.2) is 0 Å². The summed E-state index contributed by atoms with van der Waals surface area (Å²) >= 11 is 4.52. The summed E-state index contributed by atoms with van der Waals surface area (Å²) in [5, 5.41) is 4.56. The molecule has 0 atom stereocenters. The van der Waals surface area contributed by atoms with Crippen molar-refractivity contribution < 1.29 is 31.1 Å². The number of anilines is 2. The van der Waals surface area contributed by atoms with E-state index >= 15 is 0 Å². The van der Waals surface area contributed by atoms with Gasteiger partial charge in [0, 0.05) is 22.7 Å². The Labute approximate surface area is 203 Å². The Morgan fingerprint density at radius 1 is 0.857 bits per heavy atom. The molecule has 0 spiro atoms. The normalized spacial score (nSPS) is 12.1. The summed E-state index contributed by atoms with van der Waals surface area (Å²) in [7, 11) is 3.84. The van der Waals surface area contributed by atoms with Gasteiger partial charge in [0.25, 0.3) is 0 Å². The molecule has 186 valence electrons. The Morgan fingerprint density at radius 3 is 2.00 bits per heavy atom. The van der Waals surface area contributed by atoms with Crippen molar-refractivity contribution >= 4 is 30.0 Å². The summed E-state index contributed by atoms with van der Waals surface area (Å²) < 4.78 is 78.5. The van der Waals surface area contributed by atoms with E-state index < -0.39 is 35.2 Å². The number of nitrogens with zero attached hydrogens (tertiary/aromatic N) is 1. The Bertz CT molecular complexity index is 1190. The molecular formula is C24H21F6N3OS. The molecule has 3 aromatic rings. The lowest BCUT2D eigenvalue weighted by Crippen LogP contribution is -2.21. The Hall–Kier alpha value is -3.18. The predicted molar refractivity (Wildman–Crippen MR) is 126 cm³/mol. The summed E-state index contributed by atoms with van der Waals surface area (Å²) in [6.45, 7) is 0.665. The number of halogens is 6. The lowest BCUT2D eigenvalue weighted by atomic mass is 10.0. The number of hydrogen-bond acceptors (Lipinski definition) is 3. The van der Waals surface area contributed by atoms with Crippen molar-refractivity contribution in [1.82, 2.24) is 4.90 Å². The third-order valence-corrected chi connectivity index (χ3v) is 5.32. The van der Waals surface area contributed by atoms with Gasteiger partial charge in [-0.05, 0) is 55.6 Å². The first kappa shape index (κ1) is 26.4. The fourth-order valence-electron chi connectivity index (χ4n) is 3.36. The number of amides is 2. The second-order valence-electron chi connectivity index (χ2n) is 8.00. The van der Waals surface area contributed by atoms with Crippen LogP contribution in [0.4, 0.5) is 42.5 Å². The number of carbonyl (C=O) groups excluding carboxylic acids is 1. The molecule has 35 heavy (non-hydrogen) atoms. The highest BCUT2D eigenvalue weighted by molar-refractivity contribution is 7.80. The molecule has 0 heterocycles. The summed E-state index contributed by atoms with van der Waals surface area (Å²) in [6.07, 6.45) is -10.0. The summed E-state index contributed by atoms with van der Waals surface area (Å²) in [5.41, 5.74) is -1.10. The zero-order chi connectivity index (χ0) is 26.0. The number of hydrogen-bond donors (Lipinski definition) is 3. The molecule has 11 heteroatoms. The van der Waals surface area contributed by atoms with E-state index in [-0.39, 0.29) is 6.07 Å². The van der Waals surface area contributed by atoms with Crippen molar-refractivity contribution in [3.8, 4) is 11.1 Å². The van der Waals surface area contributed by atoms with E-state index in [0.717, 1.165) is 10.5 Å². The van der Waals surface area contributed by atoms with Crippen LogP contribution in [0.1, 0.15) is 16.7 Å². The van der Waals surface area contributed by atoms with E-state index in [1.54, 1.807) is 24.3 Å². The third kappa shape index (κ3) is 6.92. The number of para-hydroxylation sites is 1. The van der Waals surface area contributed by atoms with Crippen molar-refractivity contribution in [1.29, 1.82) is 0 Å².